The fourth-order valence-corrected chi connectivity index (χ4v) is 1.84. The molecule has 12 heavy (non-hydrogen) atoms. The third-order valence-corrected chi connectivity index (χ3v) is 2.76. The molecule has 0 fully saturated rings. The average Bonchev–Trinajstić information content (AvgIpc) is 2.32. The van der Waals surface area contributed by atoms with E-state index >= 15 is 0 Å². The van der Waals surface area contributed by atoms with Crippen molar-refractivity contribution >= 4 is 0 Å². The van der Waals surface area contributed by atoms with Gasteiger partial charge in [-0.3, -0.25) is 0 Å². The van der Waals surface area contributed by atoms with Crippen LogP contribution >= 0.6 is 0 Å². The topological polar surface area (TPSA) is 20.2 Å². The number of allylic oxidation sites excluding steroid dienone is 1. The van der Waals surface area contributed by atoms with Crippen molar-refractivity contribution < 1.29 is 5.11 Å². The molecule has 1 unspecified atom stereocenters. The lowest BCUT2D eigenvalue weighted by atomic mass is 9.94. The standard InChI is InChI=1S/C11H20O/c1-3-4-5-7-10-8-6-9-11(10,2)12/h8,12H,3-7,9H2,1-2H3. The Hall–Kier alpha value is -0.300. The van der Waals surface area contributed by atoms with E-state index in [4.69, 9.17) is 0 Å². The molecule has 70 valence electrons. The van der Waals surface area contributed by atoms with Crippen LogP contribution in [0.5, 0.6) is 0 Å². The zero-order valence-corrected chi connectivity index (χ0v) is 8.27. The average molecular weight is 168 g/mol. The Bertz CT molecular complexity index is 168. The Morgan fingerprint density at radius 3 is 2.75 bits per heavy atom. The van der Waals surface area contributed by atoms with Crippen molar-refractivity contribution in [3.05, 3.63) is 11.6 Å². The molecular weight excluding hydrogens is 148 g/mol. The van der Waals surface area contributed by atoms with Gasteiger partial charge in [-0.05, 0) is 38.2 Å². The van der Waals surface area contributed by atoms with Gasteiger partial charge in [-0.25, -0.2) is 0 Å². The largest absolute Gasteiger partial charge is 0.386 e. The monoisotopic (exact) mass is 168 g/mol. The van der Waals surface area contributed by atoms with Crippen LogP contribution < -0.4 is 0 Å². The molecule has 0 bridgehead atoms. The minimum absolute atomic E-state index is 0.478. The van der Waals surface area contributed by atoms with Gasteiger partial charge in [-0.2, -0.15) is 0 Å². The molecule has 0 aromatic heterocycles. The van der Waals surface area contributed by atoms with E-state index in [2.05, 4.69) is 13.0 Å². The molecular formula is C11H20O. The summed E-state index contributed by atoms with van der Waals surface area (Å²) in [5, 5.41) is 9.89. The molecule has 0 radical (unpaired) electrons. The molecule has 1 rings (SSSR count). The summed E-state index contributed by atoms with van der Waals surface area (Å²) in [6, 6.07) is 0. The number of hydrogen-bond acceptors (Lipinski definition) is 1. The van der Waals surface area contributed by atoms with Gasteiger partial charge in [0.25, 0.3) is 0 Å². The highest BCUT2D eigenvalue weighted by molar-refractivity contribution is 5.20. The minimum Gasteiger partial charge on any atom is -0.386 e. The summed E-state index contributed by atoms with van der Waals surface area (Å²) in [4.78, 5) is 0. The Morgan fingerprint density at radius 2 is 2.25 bits per heavy atom. The van der Waals surface area contributed by atoms with Crippen LogP contribution in [0.2, 0.25) is 0 Å². The van der Waals surface area contributed by atoms with Crippen molar-refractivity contribution in [3.8, 4) is 0 Å². The molecule has 0 spiro atoms. The zero-order chi connectivity index (χ0) is 9.03. The van der Waals surface area contributed by atoms with Gasteiger partial charge < -0.3 is 5.11 Å². The molecule has 1 heteroatoms. The first kappa shape index (κ1) is 9.79. The van der Waals surface area contributed by atoms with Gasteiger partial charge in [-0.1, -0.05) is 25.8 Å². The second kappa shape index (κ2) is 4.08. The maximum Gasteiger partial charge on any atom is 0.0831 e. The SMILES string of the molecule is CCCCCC1=CCCC1(C)O. The van der Waals surface area contributed by atoms with Crippen LogP contribution in [0.4, 0.5) is 0 Å². The second-order valence-electron chi connectivity index (χ2n) is 4.00. The third kappa shape index (κ3) is 2.34. The minimum atomic E-state index is -0.478. The van der Waals surface area contributed by atoms with E-state index in [-0.39, 0.29) is 0 Å². The summed E-state index contributed by atoms with van der Waals surface area (Å²) in [6.07, 6.45) is 9.08. The van der Waals surface area contributed by atoms with Crippen molar-refractivity contribution in [1.29, 1.82) is 0 Å². The van der Waals surface area contributed by atoms with Crippen molar-refractivity contribution in [2.75, 3.05) is 0 Å². The summed E-state index contributed by atoms with van der Waals surface area (Å²) >= 11 is 0. The fraction of sp³-hybridized carbons (Fsp3) is 0.818. The van der Waals surface area contributed by atoms with Gasteiger partial charge in [0.2, 0.25) is 0 Å². The van der Waals surface area contributed by atoms with E-state index in [9.17, 15) is 5.11 Å². The highest BCUT2D eigenvalue weighted by Gasteiger charge is 2.28. The van der Waals surface area contributed by atoms with Gasteiger partial charge in [-0.15, -0.1) is 0 Å². The smallest absolute Gasteiger partial charge is 0.0831 e. The third-order valence-electron chi connectivity index (χ3n) is 2.76. The molecule has 1 nitrogen and oxygen atoms in total. The van der Waals surface area contributed by atoms with Crippen LogP contribution in [0.25, 0.3) is 0 Å². The quantitative estimate of drug-likeness (QED) is 0.505. The van der Waals surface area contributed by atoms with Crippen molar-refractivity contribution in [1.82, 2.24) is 0 Å². The first-order valence-electron chi connectivity index (χ1n) is 5.08. The first-order chi connectivity index (χ1) is 5.67. The predicted molar refractivity (Wildman–Crippen MR) is 52.1 cm³/mol. The Kier molecular flexibility index (Phi) is 3.33. The van der Waals surface area contributed by atoms with Crippen LogP contribution in [-0.4, -0.2) is 10.7 Å². The highest BCUT2D eigenvalue weighted by Crippen LogP contribution is 2.32. The molecule has 0 amide bonds. The van der Waals surface area contributed by atoms with Crippen LogP contribution in [0, 0.1) is 0 Å². The van der Waals surface area contributed by atoms with Crippen LogP contribution in [0.15, 0.2) is 11.6 Å². The van der Waals surface area contributed by atoms with Gasteiger partial charge in [0.15, 0.2) is 0 Å². The maximum atomic E-state index is 9.89. The fourth-order valence-electron chi connectivity index (χ4n) is 1.84. The normalized spacial score (nSPS) is 29.1. The lowest BCUT2D eigenvalue weighted by Crippen LogP contribution is -2.22. The molecule has 1 N–H and O–H groups in total. The van der Waals surface area contributed by atoms with Crippen molar-refractivity contribution in [2.24, 2.45) is 0 Å². The van der Waals surface area contributed by atoms with Gasteiger partial charge in [0.1, 0.15) is 0 Å². The summed E-state index contributed by atoms with van der Waals surface area (Å²) in [6.45, 7) is 4.15. The van der Waals surface area contributed by atoms with E-state index < -0.39 is 5.60 Å². The van der Waals surface area contributed by atoms with Gasteiger partial charge in [0.05, 0.1) is 5.60 Å². The Labute approximate surface area is 75.5 Å². The van der Waals surface area contributed by atoms with E-state index in [1.54, 1.807) is 0 Å². The van der Waals surface area contributed by atoms with Crippen molar-refractivity contribution in [3.63, 3.8) is 0 Å². The summed E-state index contributed by atoms with van der Waals surface area (Å²) < 4.78 is 0. The van der Waals surface area contributed by atoms with Gasteiger partial charge in [0, 0.05) is 0 Å². The van der Waals surface area contributed by atoms with Crippen molar-refractivity contribution in [2.45, 2.75) is 58.0 Å². The van der Waals surface area contributed by atoms with Gasteiger partial charge >= 0.3 is 0 Å². The molecule has 0 aromatic carbocycles. The maximum absolute atomic E-state index is 9.89. The van der Waals surface area contributed by atoms with E-state index in [0.717, 1.165) is 19.3 Å². The number of unbranched alkanes of at least 4 members (excludes halogenated alkanes) is 2. The Balaban J connectivity index is 2.32. The van der Waals surface area contributed by atoms with Crippen LogP contribution in [0.3, 0.4) is 0 Å². The van der Waals surface area contributed by atoms with Crippen LogP contribution in [0.1, 0.15) is 52.4 Å². The predicted octanol–water partition coefficient (Wildman–Crippen LogP) is 3.04. The molecule has 0 saturated carbocycles. The number of hydrogen-bond donors (Lipinski definition) is 1. The van der Waals surface area contributed by atoms with E-state index in [1.165, 1.54) is 24.8 Å². The second-order valence-corrected chi connectivity index (χ2v) is 4.00. The molecule has 0 aromatic rings. The molecule has 1 aliphatic carbocycles. The zero-order valence-electron chi connectivity index (χ0n) is 8.27. The first-order valence-corrected chi connectivity index (χ1v) is 5.08. The Morgan fingerprint density at radius 1 is 1.50 bits per heavy atom. The summed E-state index contributed by atoms with van der Waals surface area (Å²) in [7, 11) is 0. The lowest BCUT2D eigenvalue weighted by molar-refractivity contribution is 0.0960. The molecule has 0 heterocycles. The summed E-state index contributed by atoms with van der Waals surface area (Å²) in [5.74, 6) is 0. The summed E-state index contributed by atoms with van der Waals surface area (Å²) in [5.41, 5.74) is 0.796. The molecule has 1 atom stereocenters. The van der Waals surface area contributed by atoms with E-state index in [1.807, 2.05) is 6.92 Å². The van der Waals surface area contributed by atoms with E-state index in [0.29, 0.717) is 0 Å². The molecule has 1 aliphatic rings. The highest BCUT2D eigenvalue weighted by atomic mass is 16.3. The molecule has 0 saturated heterocycles. The number of aliphatic hydroxyl groups is 1. The number of rotatable bonds is 4. The lowest BCUT2D eigenvalue weighted by Gasteiger charge is -2.20. The molecule has 0 aliphatic heterocycles. The van der Waals surface area contributed by atoms with Crippen LogP contribution in [-0.2, 0) is 0 Å².